The van der Waals surface area contributed by atoms with Gasteiger partial charge in [-0.2, -0.15) is 0 Å². The summed E-state index contributed by atoms with van der Waals surface area (Å²) in [5.41, 5.74) is 0. The lowest BCUT2D eigenvalue weighted by molar-refractivity contribution is -0.138. The molecule has 0 aromatic rings. The number of urea groups is 1. The molecule has 1 unspecified atom stereocenters. The second-order valence-electron chi connectivity index (χ2n) is 4.67. The fourth-order valence-corrected chi connectivity index (χ4v) is 3.71. The third kappa shape index (κ3) is 4.22. The van der Waals surface area contributed by atoms with Gasteiger partial charge in [0.1, 0.15) is 0 Å². The number of hydrogen-bond acceptors (Lipinski definition) is 4. The van der Waals surface area contributed by atoms with Crippen molar-refractivity contribution in [3.8, 4) is 0 Å². The Morgan fingerprint density at radius 1 is 1.50 bits per heavy atom. The van der Waals surface area contributed by atoms with Gasteiger partial charge in [0.2, 0.25) is 0 Å². The number of carboxylic acids is 1. The quantitative estimate of drug-likeness (QED) is 0.732. The number of carbonyl (C=O) groups is 2. The molecule has 20 heavy (non-hydrogen) atoms. The molecule has 0 aromatic carbocycles. The fraction of sp³-hybridized carbons (Fsp3) is 0.667. The molecule has 1 heterocycles. The Balaban J connectivity index is 2.91. The van der Waals surface area contributed by atoms with Gasteiger partial charge in [-0.1, -0.05) is 6.08 Å². The number of carbonyl (C=O) groups excluding carboxylic acids is 1. The SMILES string of the molecule is C=CCN(CC)C(=O)N1CCS(=O)(=O)CC1CC(=O)O. The van der Waals surface area contributed by atoms with Crippen molar-refractivity contribution in [2.45, 2.75) is 19.4 Å². The molecule has 1 fully saturated rings. The lowest BCUT2D eigenvalue weighted by atomic mass is 10.2. The van der Waals surface area contributed by atoms with Crippen molar-refractivity contribution in [3.63, 3.8) is 0 Å². The summed E-state index contributed by atoms with van der Waals surface area (Å²) in [5, 5.41) is 8.87. The van der Waals surface area contributed by atoms with Gasteiger partial charge in [-0.25, -0.2) is 13.2 Å². The van der Waals surface area contributed by atoms with Gasteiger partial charge in [-0.3, -0.25) is 4.79 Å². The molecule has 0 saturated carbocycles. The van der Waals surface area contributed by atoms with E-state index >= 15 is 0 Å². The van der Waals surface area contributed by atoms with Crippen LogP contribution in [0.2, 0.25) is 0 Å². The van der Waals surface area contributed by atoms with Crippen molar-refractivity contribution in [2.75, 3.05) is 31.1 Å². The second-order valence-corrected chi connectivity index (χ2v) is 6.90. The predicted octanol–water partition coefficient (Wildman–Crippen LogP) is 0.188. The van der Waals surface area contributed by atoms with Crippen molar-refractivity contribution >= 4 is 21.8 Å². The molecule has 2 amide bonds. The molecule has 114 valence electrons. The van der Waals surface area contributed by atoms with Crippen LogP contribution >= 0.6 is 0 Å². The highest BCUT2D eigenvalue weighted by Gasteiger charge is 2.36. The molecule has 1 aliphatic rings. The Kier molecular flexibility index (Phi) is 5.55. The van der Waals surface area contributed by atoms with Crippen LogP contribution in [0.15, 0.2) is 12.7 Å². The van der Waals surface area contributed by atoms with Crippen LogP contribution < -0.4 is 0 Å². The van der Waals surface area contributed by atoms with Crippen LogP contribution in [0, 0.1) is 0 Å². The third-order valence-electron chi connectivity index (χ3n) is 3.19. The minimum absolute atomic E-state index is 0.0345. The van der Waals surface area contributed by atoms with Crippen molar-refractivity contribution < 1.29 is 23.1 Å². The van der Waals surface area contributed by atoms with Gasteiger partial charge in [0.05, 0.1) is 24.0 Å². The van der Waals surface area contributed by atoms with Gasteiger partial charge < -0.3 is 14.9 Å². The van der Waals surface area contributed by atoms with E-state index in [1.165, 1.54) is 9.80 Å². The van der Waals surface area contributed by atoms with Crippen LogP contribution in [0.5, 0.6) is 0 Å². The highest BCUT2D eigenvalue weighted by molar-refractivity contribution is 7.91. The monoisotopic (exact) mass is 304 g/mol. The zero-order chi connectivity index (χ0) is 15.3. The molecule has 0 aliphatic carbocycles. The average Bonchev–Trinajstić information content (AvgIpc) is 2.33. The molecular formula is C12H20N2O5S. The molecule has 1 N–H and O–H groups in total. The summed E-state index contributed by atoms with van der Waals surface area (Å²) in [6, 6.07) is -1.15. The fourth-order valence-electron chi connectivity index (χ4n) is 2.19. The second kappa shape index (κ2) is 6.74. The Bertz CT molecular complexity index is 488. The van der Waals surface area contributed by atoms with E-state index in [-0.39, 0.29) is 30.5 Å². The van der Waals surface area contributed by atoms with Crippen molar-refractivity contribution in [1.82, 2.24) is 9.80 Å². The van der Waals surface area contributed by atoms with E-state index in [0.717, 1.165) is 0 Å². The van der Waals surface area contributed by atoms with Crippen LogP contribution in [0.25, 0.3) is 0 Å². The molecule has 0 spiro atoms. The van der Waals surface area contributed by atoms with Crippen LogP contribution in [0.3, 0.4) is 0 Å². The smallest absolute Gasteiger partial charge is 0.320 e. The predicted molar refractivity (Wildman–Crippen MR) is 74.2 cm³/mol. The van der Waals surface area contributed by atoms with Crippen molar-refractivity contribution in [3.05, 3.63) is 12.7 Å². The lowest BCUT2D eigenvalue weighted by Gasteiger charge is -2.37. The average molecular weight is 304 g/mol. The maximum atomic E-state index is 12.3. The largest absolute Gasteiger partial charge is 0.481 e. The van der Waals surface area contributed by atoms with Gasteiger partial charge in [0.25, 0.3) is 0 Å². The number of aliphatic carboxylic acids is 1. The van der Waals surface area contributed by atoms with Crippen LogP contribution in [0.4, 0.5) is 4.79 Å². The minimum atomic E-state index is -3.28. The van der Waals surface area contributed by atoms with E-state index < -0.39 is 21.8 Å². The van der Waals surface area contributed by atoms with Gasteiger partial charge in [-0.05, 0) is 6.92 Å². The molecule has 0 radical (unpaired) electrons. The Labute approximate surface area is 118 Å². The summed E-state index contributed by atoms with van der Waals surface area (Å²) < 4.78 is 23.2. The Morgan fingerprint density at radius 2 is 2.15 bits per heavy atom. The van der Waals surface area contributed by atoms with Gasteiger partial charge in [0, 0.05) is 19.6 Å². The van der Waals surface area contributed by atoms with Crippen LogP contribution in [-0.4, -0.2) is 72.5 Å². The highest BCUT2D eigenvalue weighted by Crippen LogP contribution is 2.17. The van der Waals surface area contributed by atoms with E-state index in [9.17, 15) is 18.0 Å². The number of nitrogens with zero attached hydrogens (tertiary/aromatic N) is 2. The minimum Gasteiger partial charge on any atom is -0.481 e. The van der Waals surface area contributed by atoms with E-state index in [1.54, 1.807) is 13.0 Å². The third-order valence-corrected chi connectivity index (χ3v) is 4.89. The van der Waals surface area contributed by atoms with Gasteiger partial charge in [-0.15, -0.1) is 6.58 Å². The summed E-state index contributed by atoms with van der Waals surface area (Å²) in [6.07, 6.45) is 1.21. The van der Waals surface area contributed by atoms with Crippen molar-refractivity contribution in [2.24, 2.45) is 0 Å². The first-order valence-corrected chi connectivity index (χ1v) is 8.21. The normalized spacial score (nSPS) is 21.2. The standard InChI is InChI=1S/C12H20N2O5S/c1-3-5-13(4-2)12(17)14-6-7-20(18,19)9-10(14)8-11(15)16/h3,10H,1,4-9H2,2H3,(H,15,16). The van der Waals surface area contributed by atoms with Gasteiger partial charge in [0.15, 0.2) is 9.84 Å². The first kappa shape index (κ1) is 16.5. The zero-order valence-electron chi connectivity index (χ0n) is 11.5. The maximum absolute atomic E-state index is 12.3. The molecule has 1 aliphatic heterocycles. The Morgan fingerprint density at radius 3 is 2.65 bits per heavy atom. The number of sulfone groups is 1. The van der Waals surface area contributed by atoms with E-state index in [2.05, 4.69) is 6.58 Å². The molecule has 1 atom stereocenters. The summed E-state index contributed by atoms with van der Waals surface area (Å²) in [5.74, 6) is -1.53. The van der Waals surface area contributed by atoms with Crippen molar-refractivity contribution in [1.29, 1.82) is 0 Å². The number of amides is 2. The molecule has 0 aromatic heterocycles. The summed E-state index contributed by atoms with van der Waals surface area (Å²) >= 11 is 0. The van der Waals surface area contributed by atoms with E-state index in [0.29, 0.717) is 13.1 Å². The van der Waals surface area contributed by atoms with E-state index in [1.807, 2.05) is 0 Å². The van der Waals surface area contributed by atoms with Gasteiger partial charge >= 0.3 is 12.0 Å². The van der Waals surface area contributed by atoms with Crippen LogP contribution in [0.1, 0.15) is 13.3 Å². The summed E-state index contributed by atoms with van der Waals surface area (Å²) in [7, 11) is -3.28. The number of carboxylic acid groups (broad SMARTS) is 1. The number of likely N-dealkylation sites (N-methyl/N-ethyl adjacent to an activating group) is 1. The first-order chi connectivity index (χ1) is 9.30. The molecule has 7 nitrogen and oxygen atoms in total. The molecule has 1 rings (SSSR count). The maximum Gasteiger partial charge on any atom is 0.320 e. The molecule has 8 heteroatoms. The highest BCUT2D eigenvalue weighted by atomic mass is 32.2. The Hall–Kier alpha value is -1.57. The molecule has 1 saturated heterocycles. The molecular weight excluding hydrogens is 284 g/mol. The topological polar surface area (TPSA) is 95.0 Å². The van der Waals surface area contributed by atoms with E-state index in [4.69, 9.17) is 5.11 Å². The summed E-state index contributed by atoms with van der Waals surface area (Å²) in [6.45, 7) is 6.20. The zero-order valence-corrected chi connectivity index (χ0v) is 12.3. The summed E-state index contributed by atoms with van der Waals surface area (Å²) in [4.78, 5) is 26.0. The first-order valence-electron chi connectivity index (χ1n) is 6.39. The van der Waals surface area contributed by atoms with Crippen LogP contribution in [-0.2, 0) is 14.6 Å². The number of hydrogen-bond donors (Lipinski definition) is 1. The number of rotatable bonds is 5. The lowest BCUT2D eigenvalue weighted by Crippen LogP contribution is -2.55. The molecule has 0 bridgehead atoms.